The molecule has 0 amide bonds. The van der Waals surface area contributed by atoms with Gasteiger partial charge in [-0.2, -0.15) is 9.97 Å². The summed E-state index contributed by atoms with van der Waals surface area (Å²) in [6, 6.07) is 9.21. The predicted octanol–water partition coefficient (Wildman–Crippen LogP) is 2.78. The van der Waals surface area contributed by atoms with E-state index >= 15 is 4.39 Å². The van der Waals surface area contributed by atoms with E-state index in [-0.39, 0.29) is 28.2 Å². The first-order chi connectivity index (χ1) is 16.0. The number of fused-ring (bicyclic) bond motifs is 1. The highest BCUT2D eigenvalue weighted by Crippen LogP contribution is 2.39. The van der Waals surface area contributed by atoms with E-state index in [9.17, 15) is 14.8 Å². The Labute approximate surface area is 198 Å². The van der Waals surface area contributed by atoms with Crippen molar-refractivity contribution < 1.29 is 38.4 Å². The molecule has 3 aromatic rings. The first-order valence-electron chi connectivity index (χ1n) is 10.2. The van der Waals surface area contributed by atoms with Crippen molar-refractivity contribution in [2.75, 3.05) is 18.6 Å². The molecule has 0 aliphatic carbocycles. The van der Waals surface area contributed by atoms with Crippen LogP contribution in [0.2, 0.25) is 5.28 Å². The summed E-state index contributed by atoms with van der Waals surface area (Å²) in [6.07, 6.45) is -4.30. The Kier molecular flexibility index (Phi) is 7.22. The zero-order chi connectivity index (χ0) is 24.6. The van der Waals surface area contributed by atoms with Crippen LogP contribution >= 0.6 is 19.2 Å². The minimum Gasteiger partial charge on any atom is -0.387 e. The Morgan fingerprint density at radius 1 is 1.29 bits per heavy atom. The largest absolute Gasteiger partial charge is 0.387 e. The highest BCUT2D eigenvalue weighted by atomic mass is 35.5. The number of hydrogen-bond donors (Lipinski definition) is 4. The first kappa shape index (κ1) is 25.0. The zero-order valence-corrected chi connectivity index (χ0v) is 19.7. The van der Waals surface area contributed by atoms with Gasteiger partial charge in [0.25, 0.3) is 0 Å². The van der Waals surface area contributed by atoms with Gasteiger partial charge in [0.05, 0.1) is 5.39 Å². The van der Waals surface area contributed by atoms with Crippen LogP contribution < -0.4 is 5.32 Å². The maximum atomic E-state index is 15.1. The number of aromatic nitrogens is 3. The lowest BCUT2D eigenvalue weighted by molar-refractivity contribution is -0.238. The monoisotopic (exact) mass is 516 g/mol. The quantitative estimate of drug-likeness (QED) is 0.152. The number of nitrogens with zero attached hydrogens (tertiary/aromatic N) is 3. The van der Waals surface area contributed by atoms with Crippen LogP contribution in [-0.4, -0.2) is 61.2 Å². The summed E-state index contributed by atoms with van der Waals surface area (Å²) in [5, 5.41) is 23.8. The molecule has 1 aromatic carbocycles. The fourth-order valence-electron chi connectivity index (χ4n) is 3.70. The molecule has 2 unspecified atom stereocenters. The smallest absolute Gasteiger partial charge is 0.352 e. The minimum atomic E-state index is -3.92. The number of benzene rings is 1. The number of ether oxygens (including phenoxy) is 1. The van der Waals surface area contributed by atoms with Crippen molar-refractivity contribution in [2.45, 2.75) is 37.5 Å². The normalized spacial score (nSPS) is 25.4. The highest BCUT2D eigenvalue weighted by Gasteiger charge is 2.45. The molecule has 1 aliphatic heterocycles. The number of nitrogens with one attached hydrogen (secondary N) is 1. The molecule has 1 saturated heterocycles. The molecule has 3 heterocycles. The van der Waals surface area contributed by atoms with E-state index < -0.39 is 44.6 Å². The second-order valence-corrected chi connectivity index (χ2v) is 10.0. The molecule has 4 N–H and O–H groups in total. The van der Waals surface area contributed by atoms with Gasteiger partial charge in [0.1, 0.15) is 30.7 Å². The van der Waals surface area contributed by atoms with E-state index in [1.807, 2.05) is 37.3 Å². The molecule has 1 aliphatic rings. The summed E-state index contributed by atoms with van der Waals surface area (Å²) in [7, 11) is -3.92. The molecule has 0 spiro atoms. The van der Waals surface area contributed by atoms with Crippen molar-refractivity contribution in [2.24, 2.45) is 0 Å². The van der Waals surface area contributed by atoms with Gasteiger partial charge in [-0.05, 0) is 24.1 Å². The molecule has 6 atom stereocenters. The summed E-state index contributed by atoms with van der Waals surface area (Å²) in [4.78, 5) is 22.0. The van der Waals surface area contributed by atoms with Gasteiger partial charge in [0.2, 0.25) is 5.28 Å². The first-order valence-corrected chi connectivity index (χ1v) is 12.6. The van der Waals surface area contributed by atoms with Crippen molar-refractivity contribution >= 4 is 36.0 Å². The lowest BCUT2D eigenvalue weighted by Gasteiger charge is -2.18. The number of hydrogen-bond acceptors (Lipinski definition) is 9. The highest BCUT2D eigenvalue weighted by molar-refractivity contribution is 7.51. The second-order valence-electron chi connectivity index (χ2n) is 7.91. The maximum absolute atomic E-state index is 15.1. The van der Waals surface area contributed by atoms with Crippen molar-refractivity contribution in [3.8, 4) is 0 Å². The van der Waals surface area contributed by atoms with E-state index in [0.717, 1.165) is 18.4 Å². The molecule has 34 heavy (non-hydrogen) atoms. The lowest BCUT2D eigenvalue weighted by atomic mass is 10.1. The van der Waals surface area contributed by atoms with Gasteiger partial charge in [-0.25, -0.2) is 9.28 Å². The van der Waals surface area contributed by atoms with Crippen molar-refractivity contribution in [3.63, 3.8) is 0 Å². The third-order valence-electron chi connectivity index (χ3n) is 5.29. The van der Waals surface area contributed by atoms with Gasteiger partial charge in [0.15, 0.2) is 17.7 Å². The van der Waals surface area contributed by atoms with E-state index in [2.05, 4.69) is 24.8 Å². The summed E-state index contributed by atoms with van der Waals surface area (Å²) < 4.78 is 37.4. The van der Waals surface area contributed by atoms with E-state index in [0.29, 0.717) is 0 Å². The number of anilines is 1. The van der Waals surface area contributed by atoms with E-state index in [1.165, 1.54) is 4.57 Å². The minimum absolute atomic E-state index is 0.0210. The Morgan fingerprint density at radius 2 is 2.00 bits per heavy atom. The molecule has 2 aromatic heterocycles. The van der Waals surface area contributed by atoms with Gasteiger partial charge >= 0.3 is 7.60 Å². The van der Waals surface area contributed by atoms with Crippen LogP contribution in [0.5, 0.6) is 0 Å². The van der Waals surface area contributed by atoms with Crippen LogP contribution in [0.3, 0.4) is 0 Å². The number of aliphatic hydroxyl groups is 2. The third kappa shape index (κ3) is 5.24. The van der Waals surface area contributed by atoms with Crippen LogP contribution in [0.1, 0.15) is 24.8 Å². The topological polar surface area (TPSA) is 148 Å². The van der Waals surface area contributed by atoms with Crippen molar-refractivity contribution in [3.05, 3.63) is 53.2 Å². The van der Waals surface area contributed by atoms with Crippen LogP contribution in [0, 0.1) is 5.82 Å². The Balaban J connectivity index is 1.62. The maximum Gasteiger partial charge on any atom is 0.352 e. The summed E-state index contributed by atoms with van der Waals surface area (Å²) >= 11 is 6.11. The molecule has 1 fully saturated rings. The molecule has 184 valence electrons. The van der Waals surface area contributed by atoms with Crippen LogP contribution in [0.15, 0.2) is 36.5 Å². The fourth-order valence-corrected chi connectivity index (χ4v) is 4.12. The van der Waals surface area contributed by atoms with Crippen LogP contribution in [0.25, 0.3) is 11.0 Å². The molecule has 4 rings (SSSR count). The summed E-state index contributed by atoms with van der Waals surface area (Å²) in [6.45, 7) is 2.32. The van der Waals surface area contributed by atoms with Crippen LogP contribution in [-0.2, 0) is 18.9 Å². The molecular formula is C20H23ClFN4O7P. The van der Waals surface area contributed by atoms with Gasteiger partial charge in [0, 0.05) is 18.9 Å². The van der Waals surface area contributed by atoms with E-state index in [1.54, 1.807) is 0 Å². The van der Waals surface area contributed by atoms with E-state index in [4.69, 9.17) is 21.2 Å². The van der Waals surface area contributed by atoms with Crippen LogP contribution in [0.4, 0.5) is 10.2 Å². The standard InChI is InChI=1S/C20H23ClFN4O7P/c1-10(11-6-4-3-5-7-11)23-17-14-12(22)8-26(18(14)25-20(21)24-17)19-16(28)15(27)13(32-19)9-31-33-34(2,29)30/h3-8,10,13,15-16,19,27-28H,9H2,1-2H3,(H,29,30)(H,23,24,25)/t10?,13-,15-,16-,19-/m1/s1. The lowest BCUT2D eigenvalue weighted by Crippen LogP contribution is -2.33. The summed E-state index contributed by atoms with van der Waals surface area (Å²) in [5.74, 6) is -0.555. The van der Waals surface area contributed by atoms with Gasteiger partial charge < -0.3 is 29.7 Å². The zero-order valence-electron chi connectivity index (χ0n) is 18.1. The number of halogens is 2. The Hall–Kier alpha value is -2.15. The molecular weight excluding hydrogens is 494 g/mol. The van der Waals surface area contributed by atoms with Crippen molar-refractivity contribution in [1.82, 2.24) is 14.5 Å². The molecule has 14 heteroatoms. The number of aliphatic hydroxyl groups excluding tert-OH is 2. The van der Waals surface area contributed by atoms with Gasteiger partial charge in [-0.15, -0.1) is 4.67 Å². The predicted molar refractivity (Wildman–Crippen MR) is 120 cm³/mol. The Morgan fingerprint density at radius 3 is 2.68 bits per heavy atom. The van der Waals surface area contributed by atoms with Gasteiger partial charge in [-0.3, -0.25) is 4.57 Å². The molecule has 0 saturated carbocycles. The van der Waals surface area contributed by atoms with Crippen molar-refractivity contribution in [1.29, 1.82) is 0 Å². The molecule has 11 nitrogen and oxygen atoms in total. The molecule has 0 radical (unpaired) electrons. The number of rotatable bonds is 8. The summed E-state index contributed by atoms with van der Waals surface area (Å²) in [5.41, 5.74) is 0.968. The third-order valence-corrected chi connectivity index (χ3v) is 5.84. The second kappa shape index (κ2) is 9.84. The average Bonchev–Trinajstić information content (AvgIpc) is 3.24. The Bertz CT molecular complexity index is 1210. The molecule has 0 bridgehead atoms. The fraction of sp³-hybridized carbons (Fsp3) is 0.400. The SMILES string of the molecule is CC(Nc1nc(Cl)nc2c1c(F)cn2[C@@H]1O[C@H](COOP(C)(=O)O)[C@@H](O)[C@H]1O)c1ccccc1. The average molecular weight is 517 g/mol. The van der Waals surface area contributed by atoms with Gasteiger partial charge in [-0.1, -0.05) is 30.3 Å².